The fourth-order valence-corrected chi connectivity index (χ4v) is 1.24. The van der Waals surface area contributed by atoms with Crippen LogP contribution < -0.4 is 15.3 Å². The maximum atomic E-state index is 5.13. The van der Waals surface area contributed by atoms with Crippen molar-refractivity contribution >= 4 is 12.4 Å². The first-order valence-corrected chi connectivity index (χ1v) is 4.30. The molecule has 2 rings (SSSR count). The Morgan fingerprint density at radius 1 is 1.29 bits per heavy atom. The average molecular weight is 186 g/mol. The quantitative estimate of drug-likeness (QED) is 0.634. The molecular formula is C11H10N2O. The molecule has 0 N–H and O–H groups in total. The molecule has 0 aromatic heterocycles. The van der Waals surface area contributed by atoms with Gasteiger partial charge < -0.3 is 4.74 Å². The number of methoxy groups -OCH3 is 1. The van der Waals surface area contributed by atoms with E-state index in [9.17, 15) is 0 Å². The number of ether oxygens (including phenoxy) is 1. The summed E-state index contributed by atoms with van der Waals surface area (Å²) >= 11 is 0. The maximum Gasteiger partial charge on any atom is 0.119 e. The highest BCUT2D eigenvalue weighted by atomic mass is 16.5. The smallest absolute Gasteiger partial charge is 0.119 e. The van der Waals surface area contributed by atoms with Crippen LogP contribution in [0.15, 0.2) is 40.5 Å². The normalized spacial score (nSPS) is 17.9. The Morgan fingerprint density at radius 3 is 3.07 bits per heavy atom. The maximum absolute atomic E-state index is 5.13. The topological polar surface area (TPSA) is 34.0 Å². The van der Waals surface area contributed by atoms with Crippen molar-refractivity contribution in [2.45, 2.75) is 0 Å². The van der Waals surface area contributed by atoms with Crippen LogP contribution in [0.5, 0.6) is 5.75 Å². The van der Waals surface area contributed by atoms with Gasteiger partial charge in [-0.3, -0.25) is 0 Å². The van der Waals surface area contributed by atoms with Gasteiger partial charge in [0.15, 0.2) is 0 Å². The van der Waals surface area contributed by atoms with Gasteiger partial charge in [-0.25, -0.2) is 9.98 Å². The fourth-order valence-electron chi connectivity index (χ4n) is 1.24. The standard InChI is InChI=1S/C11H10N2O/c1-14-10-4-5-11-9(7-10)3-2-6-12-8-13-11/h2-8H,1H3/b3-2?,6-2-,9-3-,12-6?,12-8?,13-8?,13-11?. The van der Waals surface area contributed by atoms with Crippen LogP contribution in [0.4, 0.5) is 0 Å². The number of hydrogen-bond donors (Lipinski definition) is 0. The molecular weight excluding hydrogens is 176 g/mol. The second-order valence-corrected chi connectivity index (χ2v) is 2.83. The summed E-state index contributed by atoms with van der Waals surface area (Å²) < 4.78 is 5.13. The summed E-state index contributed by atoms with van der Waals surface area (Å²) in [5.41, 5.74) is 0. The molecule has 0 saturated heterocycles. The van der Waals surface area contributed by atoms with Gasteiger partial charge in [0.1, 0.15) is 12.1 Å². The minimum absolute atomic E-state index is 0.834. The summed E-state index contributed by atoms with van der Waals surface area (Å²) in [5.74, 6) is 0.834. The SMILES string of the molecule is COc1ccc2/c(c1)=C\C=C/N=CN=2. The van der Waals surface area contributed by atoms with Crippen molar-refractivity contribution in [2.24, 2.45) is 9.98 Å². The molecule has 0 spiro atoms. The number of fused-ring (bicyclic) bond motifs is 1. The monoisotopic (exact) mass is 186 g/mol. The first-order valence-electron chi connectivity index (χ1n) is 4.30. The van der Waals surface area contributed by atoms with Gasteiger partial charge in [-0.15, -0.1) is 0 Å². The number of aliphatic imine (C=N–C) groups is 1. The van der Waals surface area contributed by atoms with Crippen molar-refractivity contribution in [2.75, 3.05) is 7.11 Å². The van der Waals surface area contributed by atoms with Crippen LogP contribution in [-0.2, 0) is 0 Å². The van der Waals surface area contributed by atoms with Gasteiger partial charge in [0.2, 0.25) is 0 Å². The van der Waals surface area contributed by atoms with Crippen molar-refractivity contribution in [3.63, 3.8) is 0 Å². The van der Waals surface area contributed by atoms with Gasteiger partial charge in [0.05, 0.1) is 12.5 Å². The molecule has 0 amide bonds. The first-order chi connectivity index (χ1) is 6.90. The summed E-state index contributed by atoms with van der Waals surface area (Å²) in [6.45, 7) is 0. The predicted octanol–water partition coefficient (Wildman–Crippen LogP) is 0.651. The molecule has 0 atom stereocenters. The number of rotatable bonds is 1. The second-order valence-electron chi connectivity index (χ2n) is 2.83. The van der Waals surface area contributed by atoms with E-state index in [-0.39, 0.29) is 0 Å². The zero-order chi connectivity index (χ0) is 9.80. The van der Waals surface area contributed by atoms with E-state index >= 15 is 0 Å². The average Bonchev–Trinajstić information content (AvgIpc) is 2.18. The zero-order valence-corrected chi connectivity index (χ0v) is 7.84. The van der Waals surface area contributed by atoms with E-state index in [1.54, 1.807) is 13.3 Å². The van der Waals surface area contributed by atoms with Crippen LogP contribution in [0.2, 0.25) is 0 Å². The second kappa shape index (κ2) is 3.87. The van der Waals surface area contributed by atoms with Crippen molar-refractivity contribution < 1.29 is 4.74 Å². The molecule has 0 unspecified atom stereocenters. The van der Waals surface area contributed by atoms with Crippen LogP contribution >= 0.6 is 0 Å². The molecule has 0 aliphatic carbocycles. The molecule has 14 heavy (non-hydrogen) atoms. The number of nitrogens with zero attached hydrogens (tertiary/aromatic N) is 2. The third-order valence-corrected chi connectivity index (χ3v) is 1.95. The summed E-state index contributed by atoms with van der Waals surface area (Å²) in [7, 11) is 1.65. The third-order valence-electron chi connectivity index (χ3n) is 1.95. The molecule has 3 heteroatoms. The number of benzene rings is 1. The minimum atomic E-state index is 0.834. The van der Waals surface area contributed by atoms with E-state index in [4.69, 9.17) is 4.74 Å². The third kappa shape index (κ3) is 1.71. The Bertz CT molecular complexity index is 501. The molecule has 1 heterocycles. The molecule has 0 bridgehead atoms. The Hall–Kier alpha value is -1.90. The molecule has 1 aromatic carbocycles. The molecule has 1 aromatic rings. The van der Waals surface area contributed by atoms with Crippen LogP contribution in [-0.4, -0.2) is 13.4 Å². The molecule has 70 valence electrons. The van der Waals surface area contributed by atoms with Gasteiger partial charge in [-0.1, -0.05) is 6.08 Å². The van der Waals surface area contributed by atoms with Crippen LogP contribution in [0.25, 0.3) is 6.08 Å². The van der Waals surface area contributed by atoms with Crippen LogP contribution in [0, 0.1) is 0 Å². The van der Waals surface area contributed by atoms with Crippen molar-refractivity contribution in [1.82, 2.24) is 0 Å². The molecule has 1 aliphatic rings. The first kappa shape index (κ1) is 8.69. The zero-order valence-electron chi connectivity index (χ0n) is 7.84. The molecule has 3 nitrogen and oxygen atoms in total. The molecule has 0 fully saturated rings. The van der Waals surface area contributed by atoms with E-state index in [0.717, 1.165) is 16.3 Å². The molecule has 0 radical (unpaired) electrons. The lowest BCUT2D eigenvalue weighted by molar-refractivity contribution is 0.414. The van der Waals surface area contributed by atoms with Gasteiger partial charge in [0.25, 0.3) is 0 Å². The highest BCUT2D eigenvalue weighted by molar-refractivity contribution is 5.58. The van der Waals surface area contributed by atoms with Crippen LogP contribution in [0.3, 0.4) is 0 Å². The molecule has 1 aliphatic heterocycles. The van der Waals surface area contributed by atoms with Gasteiger partial charge in [-0.05, 0) is 24.3 Å². The van der Waals surface area contributed by atoms with Gasteiger partial charge in [0, 0.05) is 11.4 Å². The predicted molar refractivity (Wildman–Crippen MR) is 55.9 cm³/mol. The lowest BCUT2D eigenvalue weighted by Gasteiger charge is -1.98. The van der Waals surface area contributed by atoms with E-state index in [0.29, 0.717) is 0 Å². The van der Waals surface area contributed by atoms with Gasteiger partial charge >= 0.3 is 0 Å². The summed E-state index contributed by atoms with van der Waals surface area (Å²) in [4.78, 5) is 8.13. The highest BCUT2D eigenvalue weighted by Crippen LogP contribution is 2.01. The molecule has 0 saturated carbocycles. The van der Waals surface area contributed by atoms with Crippen LogP contribution in [0.1, 0.15) is 0 Å². The highest BCUT2D eigenvalue weighted by Gasteiger charge is 1.91. The van der Waals surface area contributed by atoms with Crippen molar-refractivity contribution in [1.29, 1.82) is 0 Å². The largest absolute Gasteiger partial charge is 0.497 e. The van der Waals surface area contributed by atoms with E-state index in [2.05, 4.69) is 9.98 Å². The van der Waals surface area contributed by atoms with E-state index < -0.39 is 0 Å². The van der Waals surface area contributed by atoms with Gasteiger partial charge in [-0.2, -0.15) is 0 Å². The Kier molecular flexibility index (Phi) is 2.40. The number of allylic oxidation sites excluding steroid dienone is 1. The lowest BCUT2D eigenvalue weighted by atomic mass is 10.2. The minimum Gasteiger partial charge on any atom is -0.497 e. The van der Waals surface area contributed by atoms with Crippen molar-refractivity contribution in [3.8, 4) is 5.75 Å². The fraction of sp³-hybridized carbons (Fsp3) is 0.0909. The van der Waals surface area contributed by atoms with E-state index in [1.807, 2.05) is 30.4 Å². The Morgan fingerprint density at radius 2 is 2.21 bits per heavy atom. The summed E-state index contributed by atoms with van der Waals surface area (Å²) in [5, 5.41) is 1.94. The van der Waals surface area contributed by atoms with E-state index in [1.165, 1.54) is 6.34 Å². The Labute approximate surface area is 81.8 Å². The summed E-state index contributed by atoms with van der Waals surface area (Å²) in [6.07, 6.45) is 7.07. The number of hydrogen-bond acceptors (Lipinski definition) is 3. The lowest BCUT2D eigenvalue weighted by Crippen LogP contribution is -2.24. The summed E-state index contributed by atoms with van der Waals surface area (Å²) in [6, 6.07) is 5.74. The van der Waals surface area contributed by atoms with Crippen molar-refractivity contribution in [3.05, 3.63) is 41.1 Å². The Balaban J connectivity index is 2.69.